The van der Waals surface area contributed by atoms with Crippen molar-refractivity contribution in [1.29, 1.82) is 0 Å². The highest BCUT2D eigenvalue weighted by Crippen LogP contribution is 2.25. The van der Waals surface area contributed by atoms with Crippen molar-refractivity contribution in [3.05, 3.63) is 23.8 Å². The molecule has 0 saturated heterocycles. The number of benzene rings is 1. The minimum Gasteiger partial charge on any atom is -0.504 e. The lowest BCUT2D eigenvalue weighted by Crippen LogP contribution is -2.01. The van der Waals surface area contributed by atoms with Gasteiger partial charge in [-0.25, -0.2) is 0 Å². The van der Waals surface area contributed by atoms with E-state index in [-0.39, 0.29) is 17.3 Å². The average Bonchev–Trinajstić information content (AvgIpc) is 2.18. The van der Waals surface area contributed by atoms with Gasteiger partial charge in [-0.05, 0) is 30.5 Å². The topological polar surface area (TPSA) is 57.5 Å². The van der Waals surface area contributed by atoms with Gasteiger partial charge in [-0.15, -0.1) is 0 Å². The van der Waals surface area contributed by atoms with Crippen LogP contribution in [0.2, 0.25) is 0 Å². The number of ketones is 1. The SMILES string of the molecule is CC(C)CCC(=O)c1ccc(O)c(O)c1. The van der Waals surface area contributed by atoms with E-state index in [1.807, 2.05) is 0 Å². The predicted octanol–water partition coefficient (Wildman–Crippen LogP) is 2.72. The summed E-state index contributed by atoms with van der Waals surface area (Å²) < 4.78 is 0. The summed E-state index contributed by atoms with van der Waals surface area (Å²) in [6.07, 6.45) is 1.31. The molecule has 0 amide bonds. The van der Waals surface area contributed by atoms with Gasteiger partial charge in [0.25, 0.3) is 0 Å². The second-order valence-corrected chi connectivity index (χ2v) is 4.06. The largest absolute Gasteiger partial charge is 0.504 e. The normalized spacial score (nSPS) is 10.6. The predicted molar refractivity (Wildman–Crippen MR) is 58.2 cm³/mol. The van der Waals surface area contributed by atoms with E-state index < -0.39 is 0 Å². The molecule has 0 aliphatic heterocycles. The van der Waals surface area contributed by atoms with Crippen LogP contribution in [0.25, 0.3) is 0 Å². The van der Waals surface area contributed by atoms with Crippen molar-refractivity contribution in [3.8, 4) is 11.5 Å². The van der Waals surface area contributed by atoms with Crippen molar-refractivity contribution in [2.24, 2.45) is 5.92 Å². The van der Waals surface area contributed by atoms with E-state index in [1.54, 1.807) is 0 Å². The highest BCUT2D eigenvalue weighted by Gasteiger charge is 2.09. The summed E-state index contributed by atoms with van der Waals surface area (Å²) in [7, 11) is 0. The van der Waals surface area contributed by atoms with Gasteiger partial charge in [0, 0.05) is 12.0 Å². The maximum absolute atomic E-state index is 11.6. The maximum atomic E-state index is 11.6. The van der Waals surface area contributed by atoms with Gasteiger partial charge in [-0.1, -0.05) is 13.8 Å². The van der Waals surface area contributed by atoms with Crippen molar-refractivity contribution in [3.63, 3.8) is 0 Å². The standard InChI is InChI=1S/C12H16O3/c1-8(2)3-5-10(13)9-4-6-11(14)12(15)7-9/h4,6-8,14-15H,3,5H2,1-2H3. The molecule has 1 aromatic rings. The first-order valence-electron chi connectivity index (χ1n) is 5.06. The van der Waals surface area contributed by atoms with E-state index >= 15 is 0 Å². The van der Waals surface area contributed by atoms with E-state index in [0.29, 0.717) is 17.9 Å². The molecule has 1 rings (SSSR count). The lowest BCUT2D eigenvalue weighted by atomic mass is 10.0. The van der Waals surface area contributed by atoms with Gasteiger partial charge >= 0.3 is 0 Å². The smallest absolute Gasteiger partial charge is 0.163 e. The number of hydrogen-bond acceptors (Lipinski definition) is 3. The molecule has 0 unspecified atom stereocenters. The number of rotatable bonds is 4. The van der Waals surface area contributed by atoms with Crippen LogP contribution >= 0.6 is 0 Å². The van der Waals surface area contributed by atoms with Crippen LogP contribution in [0.1, 0.15) is 37.0 Å². The molecular weight excluding hydrogens is 192 g/mol. The zero-order chi connectivity index (χ0) is 11.4. The molecule has 0 atom stereocenters. The van der Waals surface area contributed by atoms with Crippen LogP contribution in [0.5, 0.6) is 11.5 Å². The van der Waals surface area contributed by atoms with E-state index in [4.69, 9.17) is 5.11 Å². The molecule has 0 fully saturated rings. The Morgan fingerprint density at radius 2 is 1.93 bits per heavy atom. The zero-order valence-electron chi connectivity index (χ0n) is 9.03. The second kappa shape index (κ2) is 4.82. The number of aromatic hydroxyl groups is 2. The van der Waals surface area contributed by atoms with Crippen molar-refractivity contribution in [2.75, 3.05) is 0 Å². The molecule has 0 aliphatic rings. The molecule has 0 aromatic heterocycles. The van der Waals surface area contributed by atoms with Gasteiger partial charge in [-0.3, -0.25) is 4.79 Å². The Morgan fingerprint density at radius 3 is 2.47 bits per heavy atom. The van der Waals surface area contributed by atoms with Crippen LogP contribution in [0.15, 0.2) is 18.2 Å². The monoisotopic (exact) mass is 208 g/mol. The molecule has 0 spiro atoms. The van der Waals surface area contributed by atoms with Gasteiger partial charge in [0.15, 0.2) is 17.3 Å². The molecule has 3 heteroatoms. The van der Waals surface area contributed by atoms with Gasteiger partial charge in [0.05, 0.1) is 0 Å². The summed E-state index contributed by atoms with van der Waals surface area (Å²) in [6.45, 7) is 4.11. The fourth-order valence-electron chi connectivity index (χ4n) is 1.26. The van der Waals surface area contributed by atoms with Gasteiger partial charge in [-0.2, -0.15) is 0 Å². The Labute approximate surface area is 89.4 Å². The van der Waals surface area contributed by atoms with Crippen LogP contribution in [-0.2, 0) is 0 Å². The molecule has 0 radical (unpaired) electrons. The highest BCUT2D eigenvalue weighted by atomic mass is 16.3. The molecular formula is C12H16O3. The summed E-state index contributed by atoms with van der Waals surface area (Å²) in [5, 5.41) is 18.3. The first-order chi connectivity index (χ1) is 7.00. The molecule has 0 aliphatic carbocycles. The van der Waals surface area contributed by atoms with Crippen LogP contribution in [0.4, 0.5) is 0 Å². The van der Waals surface area contributed by atoms with Crippen molar-refractivity contribution in [2.45, 2.75) is 26.7 Å². The number of Topliss-reactive ketones (excluding diaryl/α,β-unsaturated/α-hetero) is 1. The molecule has 3 nitrogen and oxygen atoms in total. The third kappa shape index (κ3) is 3.27. The molecule has 1 aromatic carbocycles. The first kappa shape index (κ1) is 11.6. The minimum absolute atomic E-state index is 0.000926. The lowest BCUT2D eigenvalue weighted by Gasteiger charge is -2.05. The van der Waals surface area contributed by atoms with E-state index in [0.717, 1.165) is 6.42 Å². The van der Waals surface area contributed by atoms with E-state index in [1.165, 1.54) is 18.2 Å². The first-order valence-corrected chi connectivity index (χ1v) is 5.06. The van der Waals surface area contributed by atoms with Crippen LogP contribution < -0.4 is 0 Å². The van der Waals surface area contributed by atoms with Gasteiger partial charge in [0.2, 0.25) is 0 Å². The molecule has 2 N–H and O–H groups in total. The molecule has 82 valence electrons. The Balaban J connectivity index is 2.70. The second-order valence-electron chi connectivity index (χ2n) is 4.06. The Hall–Kier alpha value is -1.51. The van der Waals surface area contributed by atoms with Crippen LogP contribution in [0, 0.1) is 5.92 Å². The molecule has 0 saturated carbocycles. The zero-order valence-corrected chi connectivity index (χ0v) is 9.03. The van der Waals surface area contributed by atoms with Crippen molar-refractivity contribution < 1.29 is 15.0 Å². The van der Waals surface area contributed by atoms with Crippen molar-refractivity contribution >= 4 is 5.78 Å². The molecule has 0 bridgehead atoms. The Bertz CT molecular complexity index is 356. The minimum atomic E-state index is -0.245. The quantitative estimate of drug-likeness (QED) is 0.590. The molecule has 15 heavy (non-hydrogen) atoms. The van der Waals surface area contributed by atoms with Crippen LogP contribution in [-0.4, -0.2) is 16.0 Å². The Morgan fingerprint density at radius 1 is 1.27 bits per heavy atom. The third-order valence-electron chi connectivity index (χ3n) is 2.25. The number of phenolic OH excluding ortho intramolecular Hbond substituents is 2. The Kier molecular flexibility index (Phi) is 3.72. The summed E-state index contributed by atoms with van der Waals surface area (Å²) in [5.41, 5.74) is 0.450. The molecule has 0 heterocycles. The summed E-state index contributed by atoms with van der Waals surface area (Å²) in [4.78, 5) is 11.6. The maximum Gasteiger partial charge on any atom is 0.163 e. The third-order valence-corrected chi connectivity index (χ3v) is 2.25. The lowest BCUT2D eigenvalue weighted by molar-refractivity contribution is 0.0975. The van der Waals surface area contributed by atoms with Crippen LogP contribution in [0.3, 0.4) is 0 Å². The summed E-state index contributed by atoms with van der Waals surface area (Å²) in [5.74, 6) is 0.0412. The number of hydrogen-bond donors (Lipinski definition) is 2. The average molecular weight is 208 g/mol. The van der Waals surface area contributed by atoms with Gasteiger partial charge in [0.1, 0.15) is 0 Å². The van der Waals surface area contributed by atoms with Gasteiger partial charge < -0.3 is 10.2 Å². The summed E-state index contributed by atoms with van der Waals surface area (Å²) >= 11 is 0. The highest BCUT2D eigenvalue weighted by molar-refractivity contribution is 5.96. The fourth-order valence-corrected chi connectivity index (χ4v) is 1.26. The fraction of sp³-hybridized carbons (Fsp3) is 0.417. The van der Waals surface area contributed by atoms with E-state index in [2.05, 4.69) is 13.8 Å². The number of phenols is 2. The number of carbonyl (C=O) groups is 1. The van der Waals surface area contributed by atoms with E-state index in [9.17, 15) is 9.90 Å². The summed E-state index contributed by atoms with van der Waals surface area (Å²) in [6, 6.07) is 4.16. The van der Waals surface area contributed by atoms with Crippen molar-refractivity contribution in [1.82, 2.24) is 0 Å². The number of carbonyl (C=O) groups excluding carboxylic acids is 1.